The second kappa shape index (κ2) is 5.58. The van der Waals surface area contributed by atoms with Crippen LogP contribution >= 0.6 is 11.6 Å². The number of hydrogen-bond donors (Lipinski definition) is 0. The van der Waals surface area contributed by atoms with Crippen molar-refractivity contribution in [2.24, 2.45) is 0 Å². The van der Waals surface area contributed by atoms with Gasteiger partial charge in [-0.2, -0.15) is 10.5 Å². The molecule has 0 aliphatic carbocycles. The van der Waals surface area contributed by atoms with Gasteiger partial charge in [-0.3, -0.25) is 10.1 Å². The predicted molar refractivity (Wildman–Crippen MR) is 57.1 cm³/mol. The second-order valence-corrected chi connectivity index (χ2v) is 3.12. The summed E-state index contributed by atoms with van der Waals surface area (Å²) in [5.41, 5.74) is -0.514. The average molecular weight is 253 g/mol. The summed E-state index contributed by atoms with van der Waals surface area (Å²) in [4.78, 5) is 18.4. The Morgan fingerprint density at radius 2 is 2.00 bits per heavy atom. The summed E-state index contributed by atoms with van der Waals surface area (Å²) in [6.07, 6.45) is 1.03. The molecule has 86 valence electrons. The van der Waals surface area contributed by atoms with Gasteiger partial charge in [-0.15, -0.1) is 0 Å². The molecule has 1 heterocycles. The first-order valence-corrected chi connectivity index (χ1v) is 4.63. The molecule has 0 radical (unpaired) electrons. The molecule has 0 amide bonds. The van der Waals surface area contributed by atoms with E-state index in [0.717, 1.165) is 11.2 Å². The van der Waals surface area contributed by atoms with Crippen LogP contribution in [-0.2, 0) is 0 Å². The number of halogens is 1. The third-order valence-corrected chi connectivity index (χ3v) is 2.04. The van der Waals surface area contributed by atoms with Crippen LogP contribution in [-0.4, -0.2) is 28.0 Å². The van der Waals surface area contributed by atoms with Crippen LogP contribution in [0.15, 0.2) is 6.33 Å². The molecule has 1 rings (SSSR count). The van der Waals surface area contributed by atoms with Crippen LogP contribution in [0, 0.1) is 32.8 Å². The molecule has 0 aliphatic rings. The Labute approximate surface area is 101 Å². The SMILES string of the molecule is N#CCN(CC#N)c1ncnc(Cl)c1[N+](=O)[O-]. The number of anilines is 1. The molecule has 1 aromatic rings. The standard InChI is InChI=1S/C8H5ClN6O2/c9-7-6(15(16)17)8(13-5-12-7)14(3-1-10)4-2-11/h5H,3-4H2. The van der Waals surface area contributed by atoms with Gasteiger partial charge in [0, 0.05) is 0 Å². The van der Waals surface area contributed by atoms with Crippen LogP contribution in [0.5, 0.6) is 0 Å². The highest BCUT2D eigenvalue weighted by molar-refractivity contribution is 6.31. The minimum absolute atomic E-state index is 0.141. The number of aromatic nitrogens is 2. The fourth-order valence-electron chi connectivity index (χ4n) is 1.11. The number of nitro groups is 1. The van der Waals surface area contributed by atoms with Crippen molar-refractivity contribution in [1.29, 1.82) is 10.5 Å². The zero-order valence-corrected chi connectivity index (χ0v) is 9.13. The summed E-state index contributed by atoms with van der Waals surface area (Å²) in [5, 5.41) is 27.6. The van der Waals surface area contributed by atoms with Crippen LogP contribution < -0.4 is 4.90 Å². The van der Waals surface area contributed by atoms with Gasteiger partial charge in [0.15, 0.2) is 0 Å². The van der Waals surface area contributed by atoms with Crippen LogP contribution in [0.3, 0.4) is 0 Å². The lowest BCUT2D eigenvalue weighted by Crippen LogP contribution is -2.26. The normalized spacial score (nSPS) is 9.12. The van der Waals surface area contributed by atoms with E-state index < -0.39 is 10.6 Å². The monoisotopic (exact) mass is 252 g/mol. The minimum atomic E-state index is -0.751. The zero-order chi connectivity index (χ0) is 12.8. The summed E-state index contributed by atoms with van der Waals surface area (Å²) in [6, 6.07) is 3.57. The van der Waals surface area contributed by atoms with Gasteiger partial charge in [-0.05, 0) is 0 Å². The second-order valence-electron chi connectivity index (χ2n) is 2.77. The summed E-state index contributed by atoms with van der Waals surface area (Å²) >= 11 is 5.58. The van der Waals surface area contributed by atoms with Crippen molar-refractivity contribution >= 4 is 23.1 Å². The van der Waals surface area contributed by atoms with E-state index in [1.165, 1.54) is 0 Å². The van der Waals surface area contributed by atoms with Crippen LogP contribution in [0.2, 0.25) is 5.15 Å². The molecule has 17 heavy (non-hydrogen) atoms. The first-order valence-electron chi connectivity index (χ1n) is 4.25. The van der Waals surface area contributed by atoms with Gasteiger partial charge in [0.25, 0.3) is 0 Å². The van der Waals surface area contributed by atoms with Gasteiger partial charge in [0.2, 0.25) is 11.0 Å². The van der Waals surface area contributed by atoms with Crippen molar-refractivity contribution in [3.05, 3.63) is 21.6 Å². The molecule has 0 N–H and O–H groups in total. The third kappa shape index (κ3) is 2.77. The summed E-state index contributed by atoms with van der Waals surface area (Å²) < 4.78 is 0. The lowest BCUT2D eigenvalue weighted by molar-refractivity contribution is -0.384. The molecule has 0 atom stereocenters. The van der Waals surface area contributed by atoms with Gasteiger partial charge in [-0.1, -0.05) is 11.6 Å². The number of rotatable bonds is 4. The smallest absolute Gasteiger partial charge is 0.324 e. The number of nitriles is 2. The van der Waals surface area contributed by atoms with Gasteiger partial charge < -0.3 is 4.90 Å². The largest absolute Gasteiger partial charge is 0.348 e. The van der Waals surface area contributed by atoms with Crippen molar-refractivity contribution < 1.29 is 4.92 Å². The Morgan fingerprint density at radius 1 is 1.41 bits per heavy atom. The van der Waals surface area contributed by atoms with E-state index in [1.807, 2.05) is 0 Å². The highest BCUT2D eigenvalue weighted by atomic mass is 35.5. The van der Waals surface area contributed by atoms with Crippen molar-refractivity contribution in [3.8, 4) is 12.1 Å². The number of hydrogen-bond acceptors (Lipinski definition) is 7. The molecule has 9 heteroatoms. The highest BCUT2D eigenvalue weighted by Crippen LogP contribution is 2.30. The predicted octanol–water partition coefficient (Wildman–Crippen LogP) is 0.892. The Kier molecular flexibility index (Phi) is 4.14. The van der Waals surface area contributed by atoms with Crippen LogP contribution in [0.1, 0.15) is 0 Å². The maximum absolute atomic E-state index is 10.8. The molecule has 0 unspecified atom stereocenters. The van der Waals surface area contributed by atoms with Gasteiger partial charge in [0.05, 0.1) is 17.1 Å². The fraction of sp³-hybridized carbons (Fsp3) is 0.250. The highest BCUT2D eigenvalue weighted by Gasteiger charge is 2.25. The molecule has 0 bridgehead atoms. The Morgan fingerprint density at radius 3 is 2.47 bits per heavy atom. The lowest BCUT2D eigenvalue weighted by atomic mass is 10.4. The molecule has 0 spiro atoms. The molecule has 1 aromatic heterocycles. The molecule has 0 saturated carbocycles. The van der Waals surface area contributed by atoms with Gasteiger partial charge >= 0.3 is 5.69 Å². The quantitative estimate of drug-likeness (QED) is 0.338. The average Bonchev–Trinajstić information content (AvgIpc) is 2.28. The Hall–Kier alpha value is -2.45. The summed E-state index contributed by atoms with van der Waals surface area (Å²) in [5.74, 6) is -0.141. The van der Waals surface area contributed by atoms with Gasteiger partial charge in [0.1, 0.15) is 19.4 Å². The summed E-state index contributed by atoms with van der Waals surface area (Å²) in [7, 11) is 0. The van der Waals surface area contributed by atoms with E-state index in [0.29, 0.717) is 0 Å². The Balaban J connectivity index is 3.29. The van der Waals surface area contributed by atoms with E-state index in [4.69, 9.17) is 22.1 Å². The third-order valence-electron chi connectivity index (χ3n) is 1.76. The molecule has 0 aromatic carbocycles. The maximum atomic E-state index is 10.8. The molecule has 8 nitrogen and oxygen atoms in total. The van der Waals surface area contributed by atoms with Crippen molar-refractivity contribution in [2.75, 3.05) is 18.0 Å². The van der Waals surface area contributed by atoms with E-state index in [1.54, 1.807) is 12.1 Å². The first-order chi connectivity index (χ1) is 8.11. The zero-order valence-electron chi connectivity index (χ0n) is 8.37. The first kappa shape index (κ1) is 12.6. The van der Waals surface area contributed by atoms with E-state index in [2.05, 4.69) is 9.97 Å². The van der Waals surface area contributed by atoms with Crippen LogP contribution in [0.25, 0.3) is 0 Å². The lowest BCUT2D eigenvalue weighted by Gasteiger charge is -2.16. The topological polar surface area (TPSA) is 120 Å². The van der Waals surface area contributed by atoms with Crippen LogP contribution in [0.4, 0.5) is 11.5 Å². The molecule has 0 aliphatic heterocycles. The van der Waals surface area contributed by atoms with Crippen molar-refractivity contribution in [1.82, 2.24) is 9.97 Å². The molecule has 0 fully saturated rings. The van der Waals surface area contributed by atoms with E-state index in [9.17, 15) is 10.1 Å². The molecule has 0 saturated heterocycles. The van der Waals surface area contributed by atoms with Crippen molar-refractivity contribution in [3.63, 3.8) is 0 Å². The fourth-order valence-corrected chi connectivity index (χ4v) is 1.31. The number of nitrogens with zero attached hydrogens (tertiary/aromatic N) is 6. The maximum Gasteiger partial charge on any atom is 0.348 e. The van der Waals surface area contributed by atoms with E-state index in [-0.39, 0.29) is 24.1 Å². The molecular weight excluding hydrogens is 248 g/mol. The van der Waals surface area contributed by atoms with E-state index >= 15 is 0 Å². The summed E-state index contributed by atoms with van der Waals surface area (Å²) in [6.45, 7) is -0.413. The van der Waals surface area contributed by atoms with Gasteiger partial charge in [-0.25, -0.2) is 9.97 Å². The molecular formula is C8H5ClN6O2. The minimum Gasteiger partial charge on any atom is -0.324 e. The Bertz CT molecular complexity index is 504. The van der Waals surface area contributed by atoms with Crippen molar-refractivity contribution in [2.45, 2.75) is 0 Å².